The van der Waals surface area contributed by atoms with Gasteiger partial charge in [0.25, 0.3) is 5.91 Å². The molecule has 1 amide bonds. The lowest BCUT2D eigenvalue weighted by Gasteiger charge is -2.02. The van der Waals surface area contributed by atoms with E-state index in [-0.39, 0.29) is 11.6 Å². The van der Waals surface area contributed by atoms with Crippen molar-refractivity contribution in [1.29, 1.82) is 0 Å². The number of amides is 1. The van der Waals surface area contributed by atoms with Crippen LogP contribution in [0.3, 0.4) is 0 Å². The maximum Gasteiger partial charge on any atom is 0.273 e. The molecule has 7 heteroatoms. The van der Waals surface area contributed by atoms with E-state index in [1.165, 1.54) is 6.26 Å². The Bertz CT molecular complexity index is 834. The highest BCUT2D eigenvalue weighted by molar-refractivity contribution is 6.42. The van der Waals surface area contributed by atoms with E-state index in [1.54, 1.807) is 36.7 Å². The number of halogens is 2. The van der Waals surface area contributed by atoms with E-state index in [2.05, 4.69) is 15.3 Å². The second kappa shape index (κ2) is 6.81. The number of oxazole rings is 1. The molecule has 0 aliphatic heterocycles. The lowest BCUT2D eigenvalue weighted by atomic mass is 10.2. The minimum absolute atomic E-state index is 0.190. The molecular weight excluding hydrogens is 337 g/mol. The predicted molar refractivity (Wildman–Crippen MR) is 87.4 cm³/mol. The summed E-state index contributed by atoms with van der Waals surface area (Å²) in [4.78, 5) is 20.2. The molecule has 2 heterocycles. The van der Waals surface area contributed by atoms with Crippen molar-refractivity contribution in [2.45, 2.75) is 6.54 Å². The predicted octanol–water partition coefficient (Wildman–Crippen LogP) is 3.97. The molecule has 0 saturated carbocycles. The second-order valence-corrected chi connectivity index (χ2v) is 5.53. The van der Waals surface area contributed by atoms with Crippen LogP contribution in [0, 0.1) is 0 Å². The molecule has 0 fully saturated rings. The first-order valence-electron chi connectivity index (χ1n) is 6.71. The van der Waals surface area contributed by atoms with Crippen LogP contribution in [0.25, 0.3) is 11.5 Å². The van der Waals surface area contributed by atoms with Crippen LogP contribution in [0.4, 0.5) is 0 Å². The van der Waals surface area contributed by atoms with Crippen molar-refractivity contribution in [3.8, 4) is 11.5 Å². The number of benzene rings is 1. The van der Waals surface area contributed by atoms with Crippen LogP contribution in [0.1, 0.15) is 16.1 Å². The SMILES string of the molecule is O=C(NCc1cccnc1)c1coc(-c2ccc(Cl)c(Cl)c2)n1. The molecule has 23 heavy (non-hydrogen) atoms. The van der Waals surface area contributed by atoms with E-state index in [9.17, 15) is 4.79 Å². The summed E-state index contributed by atoms with van der Waals surface area (Å²) in [5.74, 6) is -0.0287. The Morgan fingerprint density at radius 2 is 2.09 bits per heavy atom. The number of hydrogen-bond acceptors (Lipinski definition) is 4. The zero-order chi connectivity index (χ0) is 16.2. The minimum atomic E-state index is -0.330. The van der Waals surface area contributed by atoms with Gasteiger partial charge in [0.2, 0.25) is 5.89 Å². The average Bonchev–Trinajstić information content (AvgIpc) is 3.06. The summed E-state index contributed by atoms with van der Waals surface area (Å²) in [6.45, 7) is 0.363. The van der Waals surface area contributed by atoms with Crippen molar-refractivity contribution >= 4 is 29.1 Å². The summed E-state index contributed by atoms with van der Waals surface area (Å²) in [7, 11) is 0. The molecule has 116 valence electrons. The Morgan fingerprint density at radius 1 is 1.22 bits per heavy atom. The van der Waals surface area contributed by atoms with E-state index >= 15 is 0 Å². The van der Waals surface area contributed by atoms with Crippen LogP contribution < -0.4 is 5.32 Å². The summed E-state index contributed by atoms with van der Waals surface area (Å²) < 4.78 is 5.33. The van der Waals surface area contributed by atoms with Gasteiger partial charge in [-0.2, -0.15) is 0 Å². The fourth-order valence-corrected chi connectivity index (χ4v) is 2.21. The molecule has 1 aromatic carbocycles. The Morgan fingerprint density at radius 3 is 2.83 bits per heavy atom. The van der Waals surface area contributed by atoms with Gasteiger partial charge in [0, 0.05) is 24.5 Å². The molecule has 2 aromatic heterocycles. The first-order chi connectivity index (χ1) is 11.1. The molecule has 0 unspecified atom stereocenters. The summed E-state index contributed by atoms with van der Waals surface area (Å²) in [6, 6.07) is 8.67. The summed E-state index contributed by atoms with van der Waals surface area (Å²) in [6.07, 6.45) is 4.66. The lowest BCUT2D eigenvalue weighted by Crippen LogP contribution is -2.23. The van der Waals surface area contributed by atoms with Gasteiger partial charge >= 0.3 is 0 Å². The highest BCUT2D eigenvalue weighted by Crippen LogP contribution is 2.28. The smallest absolute Gasteiger partial charge is 0.273 e. The molecule has 3 aromatic rings. The third-order valence-electron chi connectivity index (χ3n) is 3.08. The third kappa shape index (κ3) is 3.70. The van der Waals surface area contributed by atoms with E-state index in [0.717, 1.165) is 5.56 Å². The molecular formula is C16H11Cl2N3O2. The van der Waals surface area contributed by atoms with E-state index in [1.807, 2.05) is 6.07 Å². The molecule has 0 aliphatic rings. The molecule has 0 bridgehead atoms. The third-order valence-corrected chi connectivity index (χ3v) is 3.82. The normalized spacial score (nSPS) is 10.5. The first-order valence-corrected chi connectivity index (χ1v) is 7.47. The first kappa shape index (κ1) is 15.5. The number of nitrogens with zero attached hydrogens (tertiary/aromatic N) is 2. The van der Waals surface area contributed by atoms with Gasteiger partial charge < -0.3 is 9.73 Å². The molecule has 0 aliphatic carbocycles. The maximum atomic E-state index is 12.1. The number of hydrogen-bond donors (Lipinski definition) is 1. The Hall–Kier alpha value is -2.37. The number of nitrogens with one attached hydrogen (secondary N) is 1. The van der Waals surface area contributed by atoms with Crippen molar-refractivity contribution in [2.75, 3.05) is 0 Å². The van der Waals surface area contributed by atoms with Gasteiger partial charge in [-0.3, -0.25) is 9.78 Å². The van der Waals surface area contributed by atoms with Crippen LogP contribution in [0.5, 0.6) is 0 Å². The van der Waals surface area contributed by atoms with Crippen molar-refractivity contribution in [1.82, 2.24) is 15.3 Å². The number of rotatable bonds is 4. The number of carbonyl (C=O) groups excluding carboxylic acids is 1. The zero-order valence-electron chi connectivity index (χ0n) is 11.8. The van der Waals surface area contributed by atoms with Gasteiger partial charge in [-0.05, 0) is 29.8 Å². The molecule has 3 rings (SSSR count). The van der Waals surface area contributed by atoms with Crippen LogP contribution in [0.15, 0.2) is 53.4 Å². The Kier molecular flexibility index (Phi) is 4.60. The molecule has 0 atom stereocenters. The van der Waals surface area contributed by atoms with Crippen LogP contribution in [-0.2, 0) is 6.54 Å². The minimum Gasteiger partial charge on any atom is -0.444 e. The Balaban J connectivity index is 1.71. The van der Waals surface area contributed by atoms with Gasteiger partial charge in [0.15, 0.2) is 5.69 Å². The van der Waals surface area contributed by atoms with Crippen molar-refractivity contribution in [2.24, 2.45) is 0 Å². The van der Waals surface area contributed by atoms with Gasteiger partial charge in [0.1, 0.15) is 6.26 Å². The molecule has 5 nitrogen and oxygen atoms in total. The van der Waals surface area contributed by atoms with Gasteiger partial charge in [-0.15, -0.1) is 0 Å². The summed E-state index contributed by atoms with van der Waals surface area (Å²) in [5, 5.41) is 3.59. The number of carbonyl (C=O) groups is 1. The summed E-state index contributed by atoms with van der Waals surface area (Å²) in [5.41, 5.74) is 1.73. The highest BCUT2D eigenvalue weighted by Gasteiger charge is 2.14. The maximum absolute atomic E-state index is 12.1. The van der Waals surface area contributed by atoms with Crippen molar-refractivity contribution in [3.05, 3.63) is 70.3 Å². The topological polar surface area (TPSA) is 68.0 Å². The molecule has 0 spiro atoms. The van der Waals surface area contributed by atoms with Crippen LogP contribution in [-0.4, -0.2) is 15.9 Å². The lowest BCUT2D eigenvalue weighted by molar-refractivity contribution is 0.0946. The van der Waals surface area contributed by atoms with Gasteiger partial charge in [-0.25, -0.2) is 4.98 Å². The Labute approximate surface area is 142 Å². The fraction of sp³-hybridized carbons (Fsp3) is 0.0625. The highest BCUT2D eigenvalue weighted by atomic mass is 35.5. The van der Waals surface area contributed by atoms with E-state index < -0.39 is 0 Å². The summed E-state index contributed by atoms with van der Waals surface area (Å²) >= 11 is 11.8. The largest absolute Gasteiger partial charge is 0.444 e. The molecule has 1 N–H and O–H groups in total. The van der Waals surface area contributed by atoms with Crippen LogP contribution >= 0.6 is 23.2 Å². The average molecular weight is 348 g/mol. The number of aromatic nitrogens is 2. The van der Waals surface area contributed by atoms with Crippen LogP contribution in [0.2, 0.25) is 10.0 Å². The van der Waals surface area contributed by atoms with Gasteiger partial charge in [0.05, 0.1) is 10.0 Å². The quantitative estimate of drug-likeness (QED) is 0.775. The zero-order valence-corrected chi connectivity index (χ0v) is 13.3. The number of pyridine rings is 1. The molecule has 0 radical (unpaired) electrons. The monoisotopic (exact) mass is 347 g/mol. The van der Waals surface area contributed by atoms with E-state index in [0.29, 0.717) is 28.0 Å². The van der Waals surface area contributed by atoms with Crippen molar-refractivity contribution in [3.63, 3.8) is 0 Å². The standard InChI is InChI=1S/C16H11Cl2N3O2/c17-12-4-3-11(6-13(12)18)16-21-14(9-23-16)15(22)20-8-10-2-1-5-19-7-10/h1-7,9H,8H2,(H,20,22). The van der Waals surface area contributed by atoms with Crippen molar-refractivity contribution < 1.29 is 9.21 Å². The molecule has 0 saturated heterocycles. The van der Waals surface area contributed by atoms with Gasteiger partial charge in [-0.1, -0.05) is 29.3 Å². The fourth-order valence-electron chi connectivity index (χ4n) is 1.92. The second-order valence-electron chi connectivity index (χ2n) is 4.71. The van der Waals surface area contributed by atoms with E-state index in [4.69, 9.17) is 27.6 Å².